The Morgan fingerprint density at radius 1 is 1.16 bits per heavy atom. The summed E-state index contributed by atoms with van der Waals surface area (Å²) in [6.45, 7) is 0.282. The van der Waals surface area contributed by atoms with Crippen LogP contribution in [0.15, 0.2) is 47.8 Å². The van der Waals surface area contributed by atoms with E-state index in [4.69, 9.17) is 10.00 Å². The Labute approximate surface area is 178 Å². The van der Waals surface area contributed by atoms with Crippen LogP contribution in [0.4, 0.5) is 0 Å². The minimum absolute atomic E-state index is 0.0563. The zero-order chi connectivity index (χ0) is 21.6. The first-order valence-electron chi connectivity index (χ1n) is 10.3. The van der Waals surface area contributed by atoms with E-state index in [0.29, 0.717) is 10.9 Å². The van der Waals surface area contributed by atoms with Crippen LogP contribution in [-0.4, -0.2) is 37.6 Å². The summed E-state index contributed by atoms with van der Waals surface area (Å²) < 4.78 is 7.30. The number of nitrogens with one attached hydrogen (secondary N) is 1. The van der Waals surface area contributed by atoms with E-state index in [-0.39, 0.29) is 48.2 Å². The number of carbonyl (C=O) groups excluding carboxylic acids is 1. The highest BCUT2D eigenvalue weighted by Crippen LogP contribution is 2.24. The first-order chi connectivity index (χ1) is 15.1. The maximum Gasteiger partial charge on any atom is 0.261 e. The number of aromatic nitrogens is 4. The van der Waals surface area contributed by atoms with E-state index in [1.807, 2.05) is 12.1 Å². The second kappa shape index (κ2) is 9.34. The van der Waals surface area contributed by atoms with Crippen molar-refractivity contribution in [2.75, 3.05) is 0 Å². The Balaban J connectivity index is 1.26. The van der Waals surface area contributed by atoms with Crippen molar-refractivity contribution in [3.05, 3.63) is 59.0 Å². The molecule has 9 nitrogen and oxygen atoms in total. The molecule has 158 valence electrons. The third kappa shape index (κ3) is 4.86. The summed E-state index contributed by atoms with van der Waals surface area (Å²) in [5.41, 5.74) is 0.684. The number of nitrogens with zero attached hydrogens (tertiary/aromatic N) is 5. The van der Waals surface area contributed by atoms with Gasteiger partial charge in [0, 0.05) is 31.4 Å². The van der Waals surface area contributed by atoms with Crippen LogP contribution in [0, 0.1) is 11.3 Å². The number of nitriles is 1. The van der Waals surface area contributed by atoms with Gasteiger partial charge in [-0.05, 0) is 37.8 Å². The second-order valence-electron chi connectivity index (χ2n) is 7.49. The maximum absolute atomic E-state index is 12.5. The molecule has 0 unspecified atom stereocenters. The number of ether oxygens (including phenoxy) is 1. The summed E-state index contributed by atoms with van der Waals surface area (Å²) in [6.07, 6.45) is 7.65. The van der Waals surface area contributed by atoms with E-state index in [9.17, 15) is 9.59 Å². The molecule has 0 radical (unpaired) electrons. The zero-order valence-electron chi connectivity index (χ0n) is 16.9. The maximum atomic E-state index is 12.5. The molecule has 1 aliphatic rings. The predicted octanol–water partition coefficient (Wildman–Crippen LogP) is 1.95. The lowest BCUT2D eigenvalue weighted by Gasteiger charge is -2.29. The molecule has 1 fully saturated rings. The van der Waals surface area contributed by atoms with Crippen molar-refractivity contribution >= 4 is 16.8 Å². The van der Waals surface area contributed by atoms with Crippen LogP contribution in [0.3, 0.4) is 0 Å². The molecule has 0 aliphatic heterocycles. The number of benzene rings is 1. The van der Waals surface area contributed by atoms with Gasteiger partial charge in [0.1, 0.15) is 12.2 Å². The van der Waals surface area contributed by atoms with Gasteiger partial charge in [0.15, 0.2) is 0 Å². The summed E-state index contributed by atoms with van der Waals surface area (Å²) >= 11 is 0. The van der Waals surface area contributed by atoms with Gasteiger partial charge in [0.25, 0.3) is 11.4 Å². The van der Waals surface area contributed by atoms with Gasteiger partial charge in [-0.1, -0.05) is 12.1 Å². The number of rotatable bonds is 6. The third-order valence-corrected chi connectivity index (χ3v) is 5.40. The summed E-state index contributed by atoms with van der Waals surface area (Å²) in [5.74, 6) is 0.164. The van der Waals surface area contributed by atoms with Crippen LogP contribution in [0.1, 0.15) is 37.8 Å². The number of hydrogen-bond donors (Lipinski definition) is 1. The standard InChI is InChI=1S/C22H22N6O3/c23-13-19-21(25-11-10-24-19)31-16-7-5-15(6-8-16)27-20(29)9-12-28-14-26-18-4-2-1-3-17(18)22(28)30/h1-4,10-11,14-16H,5-9,12H2,(H,27,29). The normalized spacial score (nSPS) is 18.3. The van der Waals surface area contributed by atoms with Crippen LogP contribution in [-0.2, 0) is 11.3 Å². The smallest absolute Gasteiger partial charge is 0.261 e. The molecule has 4 rings (SSSR count). The van der Waals surface area contributed by atoms with E-state index < -0.39 is 0 Å². The largest absolute Gasteiger partial charge is 0.472 e. The Bertz CT molecular complexity index is 1180. The third-order valence-electron chi connectivity index (χ3n) is 5.40. The molecule has 0 bridgehead atoms. The predicted molar refractivity (Wildman–Crippen MR) is 112 cm³/mol. The van der Waals surface area contributed by atoms with Crippen molar-refractivity contribution in [2.24, 2.45) is 0 Å². The Kier molecular flexibility index (Phi) is 6.17. The Morgan fingerprint density at radius 3 is 2.74 bits per heavy atom. The summed E-state index contributed by atoms with van der Waals surface area (Å²) in [5, 5.41) is 12.7. The van der Waals surface area contributed by atoms with Gasteiger partial charge in [0.2, 0.25) is 11.6 Å². The molecule has 0 atom stereocenters. The monoisotopic (exact) mass is 418 g/mol. The summed E-state index contributed by atoms with van der Waals surface area (Å²) in [7, 11) is 0. The molecule has 0 spiro atoms. The lowest BCUT2D eigenvalue weighted by atomic mass is 9.93. The summed E-state index contributed by atoms with van der Waals surface area (Å²) in [4.78, 5) is 37.2. The van der Waals surface area contributed by atoms with Crippen molar-refractivity contribution in [3.8, 4) is 11.9 Å². The van der Waals surface area contributed by atoms with Crippen molar-refractivity contribution in [3.63, 3.8) is 0 Å². The second-order valence-corrected chi connectivity index (χ2v) is 7.49. The first-order valence-corrected chi connectivity index (χ1v) is 10.3. The molecule has 31 heavy (non-hydrogen) atoms. The molecular weight excluding hydrogens is 396 g/mol. The number of aryl methyl sites for hydroxylation is 1. The zero-order valence-corrected chi connectivity index (χ0v) is 16.9. The number of fused-ring (bicyclic) bond motifs is 1. The van der Waals surface area contributed by atoms with Gasteiger partial charge in [-0.25, -0.2) is 15.0 Å². The Hall–Kier alpha value is -3.80. The average molecular weight is 418 g/mol. The Morgan fingerprint density at radius 2 is 1.94 bits per heavy atom. The lowest BCUT2D eigenvalue weighted by Crippen LogP contribution is -2.40. The van der Waals surface area contributed by atoms with Gasteiger partial charge in [0.05, 0.1) is 17.2 Å². The van der Waals surface area contributed by atoms with E-state index in [0.717, 1.165) is 25.7 Å². The molecule has 1 amide bonds. The van der Waals surface area contributed by atoms with Crippen molar-refractivity contribution in [1.29, 1.82) is 5.26 Å². The molecule has 1 saturated carbocycles. The number of para-hydroxylation sites is 1. The average Bonchev–Trinajstić information content (AvgIpc) is 2.80. The molecule has 2 aromatic heterocycles. The van der Waals surface area contributed by atoms with Gasteiger partial charge in [-0.3, -0.25) is 14.2 Å². The quantitative estimate of drug-likeness (QED) is 0.649. The van der Waals surface area contributed by atoms with E-state index in [1.165, 1.54) is 23.3 Å². The minimum atomic E-state index is -0.142. The van der Waals surface area contributed by atoms with Crippen LogP contribution in [0.5, 0.6) is 5.88 Å². The lowest BCUT2D eigenvalue weighted by molar-refractivity contribution is -0.122. The highest BCUT2D eigenvalue weighted by atomic mass is 16.5. The number of hydrogen-bond acceptors (Lipinski definition) is 7. The summed E-state index contributed by atoms with van der Waals surface area (Å²) in [6, 6.07) is 9.21. The molecule has 1 aliphatic carbocycles. The van der Waals surface area contributed by atoms with Crippen LogP contribution >= 0.6 is 0 Å². The molecule has 0 saturated heterocycles. The topological polar surface area (TPSA) is 123 Å². The van der Waals surface area contributed by atoms with E-state index in [2.05, 4.69) is 20.3 Å². The molecule has 3 aromatic rings. The minimum Gasteiger partial charge on any atom is -0.472 e. The van der Waals surface area contributed by atoms with Crippen LogP contribution < -0.4 is 15.6 Å². The fraction of sp³-hybridized carbons (Fsp3) is 0.364. The molecule has 9 heteroatoms. The molecule has 1 aromatic carbocycles. The number of amides is 1. The number of carbonyl (C=O) groups is 1. The fourth-order valence-corrected chi connectivity index (χ4v) is 3.76. The SMILES string of the molecule is N#Cc1nccnc1OC1CCC(NC(=O)CCn2cnc3ccccc3c2=O)CC1. The molecule has 2 heterocycles. The van der Waals surface area contributed by atoms with Crippen molar-refractivity contribution < 1.29 is 9.53 Å². The van der Waals surface area contributed by atoms with Gasteiger partial charge < -0.3 is 10.1 Å². The fourth-order valence-electron chi connectivity index (χ4n) is 3.76. The van der Waals surface area contributed by atoms with Gasteiger partial charge in [-0.15, -0.1) is 0 Å². The first kappa shape index (κ1) is 20.5. The molecular formula is C22H22N6O3. The molecule has 1 N–H and O–H groups in total. The van der Waals surface area contributed by atoms with Crippen molar-refractivity contribution in [2.45, 2.75) is 50.8 Å². The van der Waals surface area contributed by atoms with E-state index in [1.54, 1.807) is 18.2 Å². The van der Waals surface area contributed by atoms with Gasteiger partial charge in [-0.2, -0.15) is 5.26 Å². The van der Waals surface area contributed by atoms with Crippen LogP contribution in [0.2, 0.25) is 0 Å². The van der Waals surface area contributed by atoms with Crippen molar-refractivity contribution in [1.82, 2.24) is 24.8 Å². The van der Waals surface area contributed by atoms with Gasteiger partial charge >= 0.3 is 0 Å². The highest BCUT2D eigenvalue weighted by molar-refractivity contribution is 5.77. The van der Waals surface area contributed by atoms with E-state index >= 15 is 0 Å². The van der Waals surface area contributed by atoms with Crippen LogP contribution in [0.25, 0.3) is 10.9 Å². The highest BCUT2D eigenvalue weighted by Gasteiger charge is 2.24.